The zero-order chi connectivity index (χ0) is 15.8. The van der Waals surface area contributed by atoms with Crippen LogP contribution in [0.4, 0.5) is 0 Å². The Morgan fingerprint density at radius 3 is 2.43 bits per heavy atom. The van der Waals surface area contributed by atoms with E-state index >= 15 is 0 Å². The Morgan fingerprint density at radius 2 is 1.86 bits per heavy atom. The predicted molar refractivity (Wildman–Crippen MR) is 84.6 cm³/mol. The van der Waals surface area contributed by atoms with Gasteiger partial charge in [-0.05, 0) is 30.7 Å². The van der Waals surface area contributed by atoms with Crippen molar-refractivity contribution in [2.45, 2.75) is 53.1 Å². The molecule has 0 saturated carbocycles. The van der Waals surface area contributed by atoms with E-state index in [9.17, 15) is 9.59 Å². The third kappa shape index (κ3) is 5.33. The van der Waals surface area contributed by atoms with Gasteiger partial charge < -0.3 is 4.74 Å². The highest BCUT2D eigenvalue weighted by Crippen LogP contribution is 2.20. The molecule has 0 amide bonds. The normalized spacial score (nSPS) is 13.8. The van der Waals surface area contributed by atoms with Crippen LogP contribution >= 0.6 is 0 Å². The molecule has 1 rings (SSSR count). The van der Waals surface area contributed by atoms with E-state index in [1.54, 1.807) is 24.3 Å². The molecular formula is C18H26O3. The van der Waals surface area contributed by atoms with Crippen LogP contribution in [0.2, 0.25) is 0 Å². The maximum absolute atomic E-state index is 12.3. The second kappa shape index (κ2) is 8.60. The Hall–Kier alpha value is -1.64. The quantitative estimate of drug-likeness (QED) is 0.522. The summed E-state index contributed by atoms with van der Waals surface area (Å²) in [6, 6.07) is 6.75. The smallest absolute Gasteiger partial charge is 0.339 e. The van der Waals surface area contributed by atoms with Crippen molar-refractivity contribution < 1.29 is 14.3 Å². The first kappa shape index (κ1) is 17.4. The molecule has 0 spiro atoms. The summed E-state index contributed by atoms with van der Waals surface area (Å²) in [7, 11) is 0. The highest BCUT2D eigenvalue weighted by molar-refractivity contribution is 5.98. The molecule has 3 nitrogen and oxygen atoms in total. The summed E-state index contributed by atoms with van der Waals surface area (Å²) in [4.78, 5) is 23.3. The van der Waals surface area contributed by atoms with E-state index in [2.05, 4.69) is 27.7 Å². The van der Waals surface area contributed by atoms with Gasteiger partial charge in [-0.3, -0.25) is 4.79 Å². The molecule has 3 heteroatoms. The molecule has 1 aromatic carbocycles. The van der Waals surface area contributed by atoms with Gasteiger partial charge in [0.1, 0.15) is 6.10 Å². The zero-order valence-corrected chi connectivity index (χ0v) is 13.5. The molecule has 21 heavy (non-hydrogen) atoms. The number of esters is 1. The molecule has 1 aromatic rings. The molecule has 0 fully saturated rings. The lowest BCUT2D eigenvalue weighted by Crippen LogP contribution is -2.25. The number of aldehydes is 1. The molecule has 0 aliphatic rings. The van der Waals surface area contributed by atoms with E-state index in [4.69, 9.17) is 4.74 Å². The van der Waals surface area contributed by atoms with Crippen LogP contribution in [0.15, 0.2) is 24.3 Å². The molecule has 116 valence electrons. The lowest BCUT2D eigenvalue weighted by molar-refractivity contribution is 0.0140. The van der Waals surface area contributed by atoms with E-state index in [0.717, 1.165) is 19.3 Å². The summed E-state index contributed by atoms with van der Waals surface area (Å²) in [6.07, 6.45) is 3.63. The average Bonchev–Trinajstić information content (AvgIpc) is 2.50. The van der Waals surface area contributed by atoms with Crippen molar-refractivity contribution in [1.29, 1.82) is 0 Å². The van der Waals surface area contributed by atoms with Gasteiger partial charge in [0.15, 0.2) is 6.29 Å². The van der Waals surface area contributed by atoms with Crippen LogP contribution in [-0.4, -0.2) is 18.4 Å². The Labute approximate surface area is 127 Å². The third-order valence-corrected chi connectivity index (χ3v) is 3.95. The molecule has 0 bridgehead atoms. The molecule has 0 aliphatic heterocycles. The minimum Gasteiger partial charge on any atom is -0.458 e. The van der Waals surface area contributed by atoms with Gasteiger partial charge in [0.2, 0.25) is 0 Å². The first-order valence-corrected chi connectivity index (χ1v) is 7.74. The number of hydrogen-bond donors (Lipinski definition) is 0. The van der Waals surface area contributed by atoms with Crippen LogP contribution in [0.1, 0.15) is 67.7 Å². The highest BCUT2D eigenvalue weighted by Gasteiger charge is 2.21. The fourth-order valence-electron chi connectivity index (χ4n) is 2.17. The standard InChI is InChI=1S/C18H26O3/c1-5-14(4)10-11-17(13(2)3)21-18(20)16-9-7-6-8-15(16)12-19/h6-9,12-14,17H,5,10-11H2,1-4H3. The molecule has 0 heterocycles. The molecule has 0 aromatic heterocycles. The predicted octanol–water partition coefficient (Wildman–Crippen LogP) is 4.51. The van der Waals surface area contributed by atoms with Gasteiger partial charge in [0, 0.05) is 5.56 Å². The van der Waals surface area contributed by atoms with Crippen LogP contribution < -0.4 is 0 Å². The largest absolute Gasteiger partial charge is 0.458 e. The summed E-state index contributed by atoms with van der Waals surface area (Å²) >= 11 is 0. The van der Waals surface area contributed by atoms with Crippen molar-refractivity contribution in [3.05, 3.63) is 35.4 Å². The van der Waals surface area contributed by atoms with Crippen LogP contribution in [0, 0.1) is 11.8 Å². The average molecular weight is 290 g/mol. The van der Waals surface area contributed by atoms with Crippen molar-refractivity contribution in [3.8, 4) is 0 Å². The maximum atomic E-state index is 12.3. The van der Waals surface area contributed by atoms with Gasteiger partial charge in [-0.15, -0.1) is 0 Å². The number of hydrogen-bond acceptors (Lipinski definition) is 3. The Morgan fingerprint density at radius 1 is 1.19 bits per heavy atom. The molecular weight excluding hydrogens is 264 g/mol. The first-order valence-electron chi connectivity index (χ1n) is 7.74. The highest BCUT2D eigenvalue weighted by atomic mass is 16.5. The van der Waals surface area contributed by atoms with Crippen molar-refractivity contribution in [1.82, 2.24) is 0 Å². The van der Waals surface area contributed by atoms with E-state index in [-0.39, 0.29) is 12.0 Å². The Balaban J connectivity index is 2.74. The fraction of sp³-hybridized carbons (Fsp3) is 0.556. The van der Waals surface area contributed by atoms with Gasteiger partial charge >= 0.3 is 5.97 Å². The summed E-state index contributed by atoms with van der Waals surface area (Å²) in [6.45, 7) is 8.49. The molecule has 2 unspecified atom stereocenters. The van der Waals surface area contributed by atoms with Gasteiger partial charge in [0.25, 0.3) is 0 Å². The first-order chi connectivity index (χ1) is 9.99. The second-order valence-electron chi connectivity index (χ2n) is 5.98. The van der Waals surface area contributed by atoms with Crippen molar-refractivity contribution >= 4 is 12.3 Å². The topological polar surface area (TPSA) is 43.4 Å². The second-order valence-corrected chi connectivity index (χ2v) is 5.98. The summed E-state index contributed by atoms with van der Waals surface area (Å²) in [5, 5.41) is 0. The van der Waals surface area contributed by atoms with Crippen molar-refractivity contribution in [2.24, 2.45) is 11.8 Å². The van der Waals surface area contributed by atoms with E-state index < -0.39 is 5.97 Å². The van der Waals surface area contributed by atoms with Gasteiger partial charge in [0.05, 0.1) is 5.56 Å². The van der Waals surface area contributed by atoms with Gasteiger partial charge in [-0.2, -0.15) is 0 Å². The number of benzene rings is 1. The summed E-state index contributed by atoms with van der Waals surface area (Å²) < 4.78 is 5.64. The summed E-state index contributed by atoms with van der Waals surface area (Å²) in [5.41, 5.74) is 0.730. The molecule has 0 saturated heterocycles. The lowest BCUT2D eigenvalue weighted by Gasteiger charge is -2.23. The maximum Gasteiger partial charge on any atom is 0.339 e. The molecule has 0 radical (unpaired) electrons. The fourth-order valence-corrected chi connectivity index (χ4v) is 2.17. The molecule has 0 aliphatic carbocycles. The number of carbonyl (C=O) groups excluding carboxylic acids is 2. The number of carbonyl (C=O) groups is 2. The van der Waals surface area contributed by atoms with Crippen molar-refractivity contribution in [2.75, 3.05) is 0 Å². The minimum absolute atomic E-state index is 0.105. The van der Waals surface area contributed by atoms with Crippen LogP contribution in [0.3, 0.4) is 0 Å². The monoisotopic (exact) mass is 290 g/mol. The Bertz CT molecular complexity index is 465. The zero-order valence-electron chi connectivity index (χ0n) is 13.5. The van der Waals surface area contributed by atoms with E-state index in [1.807, 2.05) is 0 Å². The number of rotatable bonds is 8. The SMILES string of the molecule is CCC(C)CCC(OC(=O)c1ccccc1C=O)C(C)C. The lowest BCUT2D eigenvalue weighted by atomic mass is 9.95. The minimum atomic E-state index is -0.402. The summed E-state index contributed by atoms with van der Waals surface area (Å²) in [5.74, 6) is 0.495. The van der Waals surface area contributed by atoms with Gasteiger partial charge in [-0.1, -0.05) is 52.3 Å². The van der Waals surface area contributed by atoms with E-state index in [1.165, 1.54) is 0 Å². The number of ether oxygens (including phenoxy) is 1. The Kier molecular flexibility index (Phi) is 7.13. The third-order valence-electron chi connectivity index (χ3n) is 3.95. The van der Waals surface area contributed by atoms with Crippen LogP contribution in [0.25, 0.3) is 0 Å². The van der Waals surface area contributed by atoms with Gasteiger partial charge in [-0.25, -0.2) is 4.79 Å². The molecule has 0 N–H and O–H groups in total. The molecule has 2 atom stereocenters. The van der Waals surface area contributed by atoms with Crippen molar-refractivity contribution in [3.63, 3.8) is 0 Å². The van der Waals surface area contributed by atoms with E-state index in [0.29, 0.717) is 23.3 Å². The van der Waals surface area contributed by atoms with Crippen LogP contribution in [-0.2, 0) is 4.74 Å². The van der Waals surface area contributed by atoms with Crippen LogP contribution in [0.5, 0.6) is 0 Å².